The minimum atomic E-state index is -3.32. The van der Waals surface area contributed by atoms with E-state index < -0.39 is 10.0 Å². The molecule has 0 amide bonds. The number of rotatable bonds is 4. The van der Waals surface area contributed by atoms with Crippen molar-refractivity contribution in [2.24, 2.45) is 0 Å². The Kier molecular flexibility index (Phi) is 5.26. The highest BCUT2D eigenvalue weighted by Gasteiger charge is 2.35. The second-order valence-electron chi connectivity index (χ2n) is 8.28. The van der Waals surface area contributed by atoms with Crippen molar-refractivity contribution in [1.82, 2.24) is 9.80 Å². The van der Waals surface area contributed by atoms with Gasteiger partial charge in [0.15, 0.2) is 0 Å². The van der Waals surface area contributed by atoms with Crippen molar-refractivity contribution in [3.05, 3.63) is 29.8 Å². The first-order valence-corrected chi connectivity index (χ1v) is 11.6. The molecule has 1 aromatic carbocycles. The van der Waals surface area contributed by atoms with Crippen molar-refractivity contribution in [1.29, 1.82) is 0 Å². The Morgan fingerprint density at radius 1 is 0.962 bits per heavy atom. The summed E-state index contributed by atoms with van der Waals surface area (Å²) < 4.78 is 28.2. The Labute approximate surface area is 157 Å². The van der Waals surface area contributed by atoms with Crippen LogP contribution in [0.2, 0.25) is 0 Å². The monoisotopic (exact) mass is 377 g/mol. The smallest absolute Gasteiger partial charge is 0.236 e. The Morgan fingerprint density at radius 2 is 1.77 bits per heavy atom. The fourth-order valence-electron chi connectivity index (χ4n) is 5.01. The van der Waals surface area contributed by atoms with Gasteiger partial charge in [0.25, 0.3) is 0 Å². The largest absolute Gasteiger partial charge is 0.305 e. The second kappa shape index (κ2) is 7.49. The van der Waals surface area contributed by atoms with Crippen LogP contribution in [0, 0.1) is 0 Å². The van der Waals surface area contributed by atoms with E-state index in [4.69, 9.17) is 0 Å². The average Bonchev–Trinajstić information content (AvgIpc) is 3.06. The molecule has 3 saturated heterocycles. The first-order valence-electron chi connectivity index (χ1n) is 10.1. The van der Waals surface area contributed by atoms with Crippen molar-refractivity contribution in [2.45, 2.75) is 62.3 Å². The summed E-state index contributed by atoms with van der Waals surface area (Å²) in [7, 11) is -1.33. The molecule has 3 atom stereocenters. The van der Waals surface area contributed by atoms with Crippen LogP contribution in [0.25, 0.3) is 0 Å². The molecule has 3 aliphatic heterocycles. The molecule has 0 bridgehead atoms. The van der Waals surface area contributed by atoms with E-state index in [1.54, 1.807) is 0 Å². The summed E-state index contributed by atoms with van der Waals surface area (Å²) in [5.74, 6) is 0. The summed E-state index contributed by atoms with van der Waals surface area (Å²) in [4.78, 5) is 4.77. The van der Waals surface area contributed by atoms with E-state index in [0.717, 1.165) is 25.4 Å². The maximum Gasteiger partial charge on any atom is 0.236 e. The molecule has 144 valence electrons. The number of nitrogens with one attached hydrogen (secondary N) is 1. The zero-order valence-corrected chi connectivity index (χ0v) is 16.5. The second-order valence-corrected chi connectivity index (χ2v) is 10.2. The molecular formula is C20H31N3O2S. The first kappa shape index (κ1) is 18.3. The third-order valence-corrected chi connectivity index (χ3v) is 8.20. The topological polar surface area (TPSA) is 52.7 Å². The van der Waals surface area contributed by atoms with Crippen LogP contribution in [-0.2, 0) is 10.0 Å². The van der Waals surface area contributed by atoms with E-state index in [0.29, 0.717) is 18.3 Å². The number of hydrogen-bond donors (Lipinski definition) is 1. The Morgan fingerprint density at radius 3 is 2.54 bits per heavy atom. The summed E-state index contributed by atoms with van der Waals surface area (Å²) in [6.07, 6.45) is 8.23. The van der Waals surface area contributed by atoms with Crippen molar-refractivity contribution in [2.75, 3.05) is 31.4 Å². The Balaban J connectivity index is 1.43. The lowest BCUT2D eigenvalue weighted by Crippen LogP contribution is -2.42. The molecular weight excluding hydrogens is 346 g/mol. The third kappa shape index (κ3) is 3.78. The van der Waals surface area contributed by atoms with Gasteiger partial charge >= 0.3 is 0 Å². The van der Waals surface area contributed by atoms with Gasteiger partial charge in [-0.2, -0.15) is 0 Å². The maximum absolute atomic E-state index is 12.7. The van der Waals surface area contributed by atoms with Crippen molar-refractivity contribution >= 4 is 15.7 Å². The van der Waals surface area contributed by atoms with Gasteiger partial charge in [-0.15, -0.1) is 0 Å². The zero-order valence-electron chi connectivity index (χ0n) is 15.7. The minimum absolute atomic E-state index is 0.315. The molecule has 1 aromatic rings. The van der Waals surface area contributed by atoms with Crippen LogP contribution in [0.15, 0.2) is 24.3 Å². The van der Waals surface area contributed by atoms with E-state index in [1.807, 2.05) is 19.2 Å². The highest BCUT2D eigenvalue weighted by molar-refractivity contribution is 7.93. The number of hydrogen-bond acceptors (Lipinski definition) is 4. The highest BCUT2D eigenvalue weighted by atomic mass is 32.2. The van der Waals surface area contributed by atoms with Gasteiger partial charge < -0.3 is 4.90 Å². The quantitative estimate of drug-likeness (QED) is 0.875. The minimum Gasteiger partial charge on any atom is -0.305 e. The number of nitrogens with zero attached hydrogens (tertiary/aromatic N) is 2. The fraction of sp³-hybridized carbons (Fsp3) is 0.700. The molecule has 0 spiro atoms. The number of fused-ring (bicyclic) bond motifs is 1. The van der Waals surface area contributed by atoms with E-state index in [-0.39, 0.29) is 5.25 Å². The fourth-order valence-corrected chi connectivity index (χ4v) is 6.57. The first-order chi connectivity index (χ1) is 12.5. The van der Waals surface area contributed by atoms with Crippen molar-refractivity contribution < 1.29 is 8.42 Å². The molecule has 0 radical (unpaired) electrons. The molecule has 1 N–H and O–H groups in total. The number of sulfonamides is 1. The molecule has 0 aromatic heterocycles. The lowest BCUT2D eigenvalue weighted by atomic mass is 10.0. The van der Waals surface area contributed by atoms with E-state index in [2.05, 4.69) is 26.7 Å². The van der Waals surface area contributed by atoms with Crippen LogP contribution in [0.5, 0.6) is 0 Å². The normalized spacial score (nSPS) is 30.9. The van der Waals surface area contributed by atoms with Crippen molar-refractivity contribution in [3.8, 4) is 0 Å². The average molecular weight is 378 g/mol. The summed E-state index contributed by atoms with van der Waals surface area (Å²) in [6.45, 7) is 2.81. The van der Waals surface area contributed by atoms with Gasteiger partial charge in [-0.1, -0.05) is 18.6 Å². The molecule has 3 aliphatic rings. The standard InChI is InChI=1S/C20H31N3O2S/c1-22-13-4-6-19(15-22)26(24,25)21-17-9-7-16(8-10-17)20-12-11-18-5-2-3-14-23(18)20/h7-10,18-21H,2-6,11-15H2,1H3. The van der Waals surface area contributed by atoms with Crippen LogP contribution >= 0.6 is 0 Å². The summed E-state index contributed by atoms with van der Waals surface area (Å²) in [5.41, 5.74) is 2.02. The van der Waals surface area contributed by atoms with Gasteiger partial charge in [0.1, 0.15) is 0 Å². The van der Waals surface area contributed by atoms with Crippen LogP contribution in [0.3, 0.4) is 0 Å². The van der Waals surface area contributed by atoms with E-state index in [9.17, 15) is 8.42 Å². The number of anilines is 1. The predicted octanol–water partition coefficient (Wildman–Crippen LogP) is 3.21. The molecule has 6 heteroatoms. The van der Waals surface area contributed by atoms with Gasteiger partial charge in [0.05, 0.1) is 5.25 Å². The molecule has 5 nitrogen and oxygen atoms in total. The molecule has 26 heavy (non-hydrogen) atoms. The lowest BCUT2D eigenvalue weighted by Gasteiger charge is -2.34. The van der Waals surface area contributed by atoms with Gasteiger partial charge in [0.2, 0.25) is 10.0 Å². The van der Waals surface area contributed by atoms with E-state index >= 15 is 0 Å². The van der Waals surface area contributed by atoms with Crippen molar-refractivity contribution in [3.63, 3.8) is 0 Å². The Hall–Kier alpha value is -1.11. The molecule has 3 fully saturated rings. The molecule has 0 saturated carbocycles. The van der Waals surface area contributed by atoms with Gasteiger partial charge in [-0.3, -0.25) is 9.62 Å². The van der Waals surface area contributed by atoms with Gasteiger partial charge in [-0.05, 0) is 76.4 Å². The molecule has 3 heterocycles. The van der Waals surface area contributed by atoms with Crippen LogP contribution < -0.4 is 4.72 Å². The highest BCUT2D eigenvalue weighted by Crippen LogP contribution is 2.40. The molecule has 4 rings (SSSR count). The SMILES string of the molecule is CN1CCCC(S(=O)(=O)Nc2ccc(C3CCC4CCCCN43)cc2)C1. The van der Waals surface area contributed by atoms with Gasteiger partial charge in [-0.25, -0.2) is 8.42 Å². The van der Waals surface area contributed by atoms with Crippen LogP contribution in [0.4, 0.5) is 5.69 Å². The lowest BCUT2D eigenvalue weighted by molar-refractivity contribution is 0.150. The number of benzene rings is 1. The molecule has 3 unspecified atom stereocenters. The number of likely N-dealkylation sites (tertiary alicyclic amines) is 1. The van der Waals surface area contributed by atoms with Crippen LogP contribution in [0.1, 0.15) is 56.6 Å². The maximum atomic E-state index is 12.7. The van der Waals surface area contributed by atoms with Crippen LogP contribution in [-0.4, -0.2) is 56.2 Å². The number of piperidine rings is 2. The molecule has 0 aliphatic carbocycles. The van der Waals surface area contributed by atoms with E-state index in [1.165, 1.54) is 44.2 Å². The summed E-state index contributed by atoms with van der Waals surface area (Å²) >= 11 is 0. The summed E-state index contributed by atoms with van der Waals surface area (Å²) in [5, 5.41) is -0.315. The Bertz CT molecular complexity index is 719. The van der Waals surface area contributed by atoms with Gasteiger partial charge in [0, 0.05) is 24.3 Å². The zero-order chi connectivity index (χ0) is 18.1. The predicted molar refractivity (Wildman–Crippen MR) is 106 cm³/mol. The summed E-state index contributed by atoms with van der Waals surface area (Å²) in [6, 6.07) is 9.39. The third-order valence-electron chi connectivity index (χ3n) is 6.42.